The van der Waals surface area contributed by atoms with E-state index in [2.05, 4.69) is 120 Å². The van der Waals surface area contributed by atoms with E-state index in [1.165, 1.54) is 0 Å². The first kappa shape index (κ1) is 29.0. The summed E-state index contributed by atoms with van der Waals surface area (Å²) in [6.45, 7) is 8.28. The molecule has 54 heavy (non-hydrogen) atoms. The zero-order valence-electron chi connectivity index (χ0n) is 28.6. The maximum atomic E-state index is 10.6. The highest BCUT2D eigenvalue weighted by atomic mass is 16.5. The van der Waals surface area contributed by atoms with Crippen molar-refractivity contribution in [3.63, 3.8) is 0 Å². The molecule has 0 spiro atoms. The van der Waals surface area contributed by atoms with Gasteiger partial charge in [-0.3, -0.25) is 0 Å². The molecule has 0 amide bonds. The van der Waals surface area contributed by atoms with Gasteiger partial charge in [0.2, 0.25) is 0 Å². The second-order valence-corrected chi connectivity index (χ2v) is 14.2. The van der Waals surface area contributed by atoms with E-state index in [1.54, 1.807) is 0 Å². The van der Waals surface area contributed by atoms with Crippen LogP contribution in [0.2, 0.25) is 0 Å². The van der Waals surface area contributed by atoms with Gasteiger partial charge in [0.25, 0.3) is 0 Å². The van der Waals surface area contributed by atoms with Crippen molar-refractivity contribution < 1.29 is 9.47 Å². The number of benzene rings is 10. The van der Waals surface area contributed by atoms with Gasteiger partial charge in [-0.05, 0) is 120 Å². The summed E-state index contributed by atoms with van der Waals surface area (Å²) in [5.41, 5.74) is 9.37. The molecule has 4 heteroatoms. The van der Waals surface area contributed by atoms with E-state index in [0.29, 0.717) is 11.3 Å². The van der Waals surface area contributed by atoms with E-state index >= 15 is 0 Å². The fourth-order valence-corrected chi connectivity index (χ4v) is 9.10. The fraction of sp³-hybridized carbons (Fsp3) is 0. The van der Waals surface area contributed by atoms with Crippen LogP contribution in [0.5, 0.6) is 23.0 Å². The minimum atomic E-state index is 0.569. The first-order valence-corrected chi connectivity index (χ1v) is 17.9. The van der Waals surface area contributed by atoms with E-state index < -0.39 is 0 Å². The van der Waals surface area contributed by atoms with Gasteiger partial charge in [0.05, 0.1) is 18.2 Å². The van der Waals surface area contributed by atoms with Crippen LogP contribution in [-0.4, -0.2) is 0 Å². The minimum Gasteiger partial charge on any atom is -0.456 e. The molecule has 0 radical (unpaired) electrons. The Labute approximate surface area is 309 Å². The van der Waals surface area contributed by atoms with Crippen molar-refractivity contribution in [2.75, 3.05) is 0 Å². The Morgan fingerprint density at radius 2 is 0.926 bits per heavy atom. The van der Waals surface area contributed by atoms with Gasteiger partial charge in [0, 0.05) is 27.3 Å². The molecule has 10 aromatic carbocycles. The Hall–Kier alpha value is -7.66. The first-order chi connectivity index (χ1) is 26.7. The molecule has 0 saturated carbocycles. The standard InChI is InChI=1S/C50H24N2O2/c1-52-42-25-41(30-15-17-34-36-11-3-7-28-9-5-13-44(48(28)36)54-46(34)24-30)38-19-18-32-31(26-51)22-40(37-20-21-39(42)50(38)49(32)37)29-14-16-33-35-10-2-6-27-8-4-12-43(47(27)35)53-45(33)23-29/h2-25H. The summed E-state index contributed by atoms with van der Waals surface area (Å²) in [6, 6.07) is 52.6. The lowest BCUT2D eigenvalue weighted by Crippen LogP contribution is -1.98. The molecule has 0 aliphatic carbocycles. The topological polar surface area (TPSA) is 46.6 Å². The highest BCUT2D eigenvalue weighted by Crippen LogP contribution is 2.52. The highest BCUT2D eigenvalue weighted by Gasteiger charge is 2.25. The summed E-state index contributed by atoms with van der Waals surface area (Å²) < 4.78 is 13.1. The second kappa shape index (κ2) is 10.5. The first-order valence-electron chi connectivity index (χ1n) is 17.9. The lowest BCUT2D eigenvalue weighted by molar-refractivity contribution is 0.487. The Balaban J connectivity index is 1.08. The Kier molecular flexibility index (Phi) is 5.61. The summed E-state index contributed by atoms with van der Waals surface area (Å²) in [5.74, 6) is 3.26. The van der Waals surface area contributed by atoms with Gasteiger partial charge < -0.3 is 9.47 Å². The third-order valence-electron chi connectivity index (χ3n) is 11.5. The largest absolute Gasteiger partial charge is 0.456 e. The van der Waals surface area contributed by atoms with Gasteiger partial charge in [-0.2, -0.15) is 5.26 Å². The molecule has 0 bridgehead atoms. The molecule has 4 nitrogen and oxygen atoms in total. The van der Waals surface area contributed by atoms with Gasteiger partial charge in [-0.15, -0.1) is 0 Å². The molecule has 2 aliphatic rings. The highest BCUT2D eigenvalue weighted by molar-refractivity contribution is 6.30. The smallest absolute Gasteiger partial charge is 0.195 e. The van der Waals surface area contributed by atoms with E-state index in [0.717, 1.165) is 121 Å². The average Bonchev–Trinajstić information content (AvgIpc) is 3.22. The van der Waals surface area contributed by atoms with Crippen LogP contribution in [0.4, 0.5) is 5.69 Å². The molecular formula is C50H24N2O2. The van der Waals surface area contributed by atoms with Crippen molar-refractivity contribution in [1.29, 1.82) is 5.26 Å². The van der Waals surface area contributed by atoms with Crippen molar-refractivity contribution in [3.05, 3.63) is 163 Å². The van der Waals surface area contributed by atoms with E-state index in [4.69, 9.17) is 16.0 Å². The number of nitriles is 1. The Morgan fingerprint density at radius 3 is 1.48 bits per heavy atom. The van der Waals surface area contributed by atoms with Crippen molar-refractivity contribution >= 4 is 59.5 Å². The van der Waals surface area contributed by atoms with Crippen LogP contribution in [0, 0.1) is 17.9 Å². The van der Waals surface area contributed by atoms with Crippen LogP contribution in [0.1, 0.15) is 5.56 Å². The lowest BCUT2D eigenvalue weighted by atomic mass is 9.84. The summed E-state index contributed by atoms with van der Waals surface area (Å²) in [4.78, 5) is 4.05. The molecule has 0 fully saturated rings. The minimum absolute atomic E-state index is 0.569. The maximum Gasteiger partial charge on any atom is 0.195 e. The molecule has 2 heterocycles. The normalized spacial score (nSPS) is 12.3. The number of hydrogen-bond acceptors (Lipinski definition) is 3. The molecule has 10 aromatic rings. The number of rotatable bonds is 2. The van der Waals surface area contributed by atoms with Crippen LogP contribution in [0.15, 0.2) is 146 Å². The summed E-state index contributed by atoms with van der Waals surface area (Å²) in [7, 11) is 0. The Morgan fingerprint density at radius 1 is 0.426 bits per heavy atom. The van der Waals surface area contributed by atoms with Crippen LogP contribution in [-0.2, 0) is 0 Å². The van der Waals surface area contributed by atoms with Gasteiger partial charge in [-0.1, -0.05) is 97.1 Å². The Bertz CT molecular complexity index is 3180. The predicted octanol–water partition coefficient (Wildman–Crippen LogP) is 14.2. The van der Waals surface area contributed by atoms with E-state index in [-0.39, 0.29) is 0 Å². The number of hydrogen-bond donors (Lipinski definition) is 0. The van der Waals surface area contributed by atoms with Gasteiger partial charge in [-0.25, -0.2) is 4.85 Å². The molecule has 0 aromatic heterocycles. The van der Waals surface area contributed by atoms with Crippen LogP contribution < -0.4 is 9.47 Å². The van der Waals surface area contributed by atoms with Crippen LogP contribution >= 0.6 is 0 Å². The molecular weight excluding hydrogens is 661 g/mol. The zero-order chi connectivity index (χ0) is 35.7. The monoisotopic (exact) mass is 684 g/mol. The SMILES string of the molecule is [C-]#[N+]c1cc(-c2ccc3c(c2)Oc2cccc4cccc-3c24)c2ccc3c(C#N)cc(-c4ccc5c(c4)Oc4cccc6cccc-5c46)c4ccc1c2c34. The summed E-state index contributed by atoms with van der Waals surface area (Å²) in [6.07, 6.45) is 0. The average molecular weight is 685 g/mol. The van der Waals surface area contributed by atoms with Crippen molar-refractivity contribution in [2.45, 2.75) is 0 Å². The number of fused-ring (bicyclic) bond motifs is 4. The molecule has 246 valence electrons. The van der Waals surface area contributed by atoms with Gasteiger partial charge in [0.15, 0.2) is 5.69 Å². The van der Waals surface area contributed by atoms with Crippen LogP contribution in [0.3, 0.4) is 0 Å². The maximum absolute atomic E-state index is 10.6. The number of nitrogens with zero attached hydrogens (tertiary/aromatic N) is 2. The zero-order valence-corrected chi connectivity index (χ0v) is 28.6. The van der Waals surface area contributed by atoms with E-state index in [9.17, 15) is 5.26 Å². The summed E-state index contributed by atoms with van der Waals surface area (Å²) >= 11 is 0. The van der Waals surface area contributed by atoms with Crippen LogP contribution in [0.25, 0.3) is 103 Å². The molecule has 2 aliphatic heterocycles. The third kappa shape index (κ3) is 3.78. The van der Waals surface area contributed by atoms with Crippen molar-refractivity contribution in [3.8, 4) is 73.6 Å². The molecule has 0 N–H and O–H groups in total. The quantitative estimate of drug-likeness (QED) is 0.134. The molecule has 0 unspecified atom stereocenters. The van der Waals surface area contributed by atoms with Gasteiger partial charge >= 0.3 is 0 Å². The van der Waals surface area contributed by atoms with Crippen molar-refractivity contribution in [1.82, 2.24) is 0 Å². The fourth-order valence-electron chi connectivity index (χ4n) is 9.10. The molecule has 12 rings (SSSR count). The van der Waals surface area contributed by atoms with Crippen molar-refractivity contribution in [2.24, 2.45) is 0 Å². The van der Waals surface area contributed by atoms with Gasteiger partial charge in [0.1, 0.15) is 23.0 Å². The van der Waals surface area contributed by atoms with E-state index in [1.807, 2.05) is 36.4 Å². The second-order valence-electron chi connectivity index (χ2n) is 14.2. The molecule has 0 atom stereocenters. The number of ether oxygens (including phenoxy) is 2. The lowest BCUT2D eigenvalue weighted by Gasteiger charge is -2.23. The summed E-state index contributed by atoms with van der Waals surface area (Å²) in [5, 5.41) is 20.8. The predicted molar refractivity (Wildman–Crippen MR) is 218 cm³/mol. The molecule has 0 saturated heterocycles. The third-order valence-corrected chi connectivity index (χ3v) is 11.5.